The predicted molar refractivity (Wildman–Crippen MR) is 66.5 cm³/mol. The number of nitrogens with zero attached hydrogens (tertiary/aromatic N) is 1. The average Bonchev–Trinajstić information content (AvgIpc) is 2.46. The van der Waals surface area contributed by atoms with E-state index in [2.05, 4.69) is 6.07 Å². The highest BCUT2D eigenvalue weighted by atomic mass is 16.5. The number of esters is 1. The van der Waals surface area contributed by atoms with Gasteiger partial charge in [0, 0.05) is 12.0 Å². The molecule has 0 bridgehead atoms. The summed E-state index contributed by atoms with van der Waals surface area (Å²) in [5.41, 5.74) is -0.773. The number of carbonyl (C=O) groups excluding carboxylic acids is 1. The highest BCUT2D eigenvalue weighted by Gasteiger charge is 2.48. The topological polar surface area (TPSA) is 79.5 Å². The molecule has 0 aromatic heterocycles. The highest BCUT2D eigenvalue weighted by molar-refractivity contribution is 5.78. The van der Waals surface area contributed by atoms with Crippen molar-refractivity contribution >= 4 is 5.97 Å². The quantitative estimate of drug-likeness (QED) is 0.826. The highest BCUT2D eigenvalue weighted by Crippen LogP contribution is 2.41. The molecule has 0 spiro atoms. The molecule has 1 aliphatic rings. The van der Waals surface area contributed by atoms with E-state index < -0.39 is 17.5 Å². The fourth-order valence-electron chi connectivity index (χ4n) is 2.30. The van der Waals surface area contributed by atoms with Gasteiger partial charge in [-0.15, -0.1) is 0 Å². The van der Waals surface area contributed by atoms with Crippen molar-refractivity contribution < 1.29 is 19.4 Å². The van der Waals surface area contributed by atoms with E-state index in [4.69, 9.17) is 9.47 Å². The van der Waals surface area contributed by atoms with E-state index in [1.807, 2.05) is 0 Å². The van der Waals surface area contributed by atoms with Gasteiger partial charge in [-0.3, -0.25) is 0 Å². The fraction of sp³-hybridized carbons (Fsp3) is 0.429. The van der Waals surface area contributed by atoms with Gasteiger partial charge in [0.05, 0.1) is 19.3 Å². The molecule has 2 rings (SSSR count). The van der Waals surface area contributed by atoms with E-state index >= 15 is 0 Å². The molecule has 0 fully saturated rings. The van der Waals surface area contributed by atoms with Gasteiger partial charge in [0.2, 0.25) is 0 Å². The Labute approximate surface area is 111 Å². The summed E-state index contributed by atoms with van der Waals surface area (Å²) < 4.78 is 10.3. The van der Waals surface area contributed by atoms with Gasteiger partial charge in [-0.25, -0.2) is 4.79 Å². The second-order valence-electron chi connectivity index (χ2n) is 4.33. The van der Waals surface area contributed by atoms with Gasteiger partial charge < -0.3 is 14.6 Å². The van der Waals surface area contributed by atoms with Crippen LogP contribution in [0.5, 0.6) is 5.75 Å². The Morgan fingerprint density at radius 2 is 2.37 bits per heavy atom. The largest absolute Gasteiger partial charge is 0.493 e. The van der Waals surface area contributed by atoms with Gasteiger partial charge >= 0.3 is 5.97 Å². The molecule has 1 aromatic rings. The van der Waals surface area contributed by atoms with E-state index in [1.54, 1.807) is 31.2 Å². The molecule has 0 amide bonds. The molecule has 1 aromatic carbocycles. The van der Waals surface area contributed by atoms with Crippen molar-refractivity contribution in [2.24, 2.45) is 0 Å². The number of para-hydroxylation sites is 1. The Bertz CT molecular complexity index is 522. The SMILES string of the molecule is CCOC(=O)C(O)C1(C#N)CCOc2ccccc21. The van der Waals surface area contributed by atoms with Crippen molar-refractivity contribution in [3.05, 3.63) is 29.8 Å². The molecular weight excluding hydrogens is 246 g/mol. The lowest BCUT2D eigenvalue weighted by atomic mass is 9.73. The number of carbonyl (C=O) groups is 1. The van der Waals surface area contributed by atoms with Crippen molar-refractivity contribution in [2.75, 3.05) is 13.2 Å². The van der Waals surface area contributed by atoms with Crippen LogP contribution in [-0.2, 0) is 14.9 Å². The summed E-state index contributed by atoms with van der Waals surface area (Å²) in [5.74, 6) is -0.251. The third-order valence-corrected chi connectivity index (χ3v) is 3.30. The van der Waals surface area contributed by atoms with Crippen LogP contribution in [0, 0.1) is 11.3 Å². The number of aliphatic hydroxyl groups excluding tert-OH is 1. The molecule has 0 saturated heterocycles. The Kier molecular flexibility index (Phi) is 3.72. The lowest BCUT2D eigenvalue weighted by Crippen LogP contribution is -2.47. The van der Waals surface area contributed by atoms with E-state index in [1.165, 1.54) is 0 Å². The average molecular weight is 261 g/mol. The van der Waals surface area contributed by atoms with Crippen molar-refractivity contribution in [1.82, 2.24) is 0 Å². The van der Waals surface area contributed by atoms with Crippen LogP contribution in [0.3, 0.4) is 0 Å². The van der Waals surface area contributed by atoms with Crippen LogP contribution in [0.4, 0.5) is 0 Å². The van der Waals surface area contributed by atoms with Gasteiger partial charge in [0.1, 0.15) is 11.2 Å². The van der Waals surface area contributed by atoms with Crippen LogP contribution >= 0.6 is 0 Å². The zero-order valence-corrected chi connectivity index (χ0v) is 10.6. The lowest BCUT2D eigenvalue weighted by Gasteiger charge is -2.35. The first kappa shape index (κ1) is 13.4. The molecule has 5 heteroatoms. The minimum absolute atomic E-state index is 0.162. The van der Waals surface area contributed by atoms with E-state index in [0.29, 0.717) is 11.3 Å². The minimum atomic E-state index is -1.51. The Hall–Kier alpha value is -2.06. The number of rotatable bonds is 3. The smallest absolute Gasteiger partial charge is 0.337 e. The normalized spacial score (nSPS) is 22.6. The van der Waals surface area contributed by atoms with E-state index in [9.17, 15) is 15.2 Å². The zero-order valence-electron chi connectivity index (χ0n) is 10.6. The molecular formula is C14H15NO4. The van der Waals surface area contributed by atoms with Crippen LogP contribution < -0.4 is 4.74 Å². The summed E-state index contributed by atoms with van der Waals surface area (Å²) in [7, 11) is 0. The molecule has 2 unspecified atom stereocenters. The van der Waals surface area contributed by atoms with Crippen molar-refractivity contribution in [3.63, 3.8) is 0 Å². The van der Waals surface area contributed by atoms with Crippen LogP contribution in [0.1, 0.15) is 18.9 Å². The molecule has 100 valence electrons. The first-order valence-electron chi connectivity index (χ1n) is 6.14. The van der Waals surface area contributed by atoms with Crippen molar-refractivity contribution in [2.45, 2.75) is 24.9 Å². The number of hydrogen-bond acceptors (Lipinski definition) is 5. The summed E-state index contributed by atoms with van der Waals surface area (Å²) in [6, 6.07) is 9.03. The Morgan fingerprint density at radius 3 is 3.05 bits per heavy atom. The maximum atomic E-state index is 11.8. The maximum Gasteiger partial charge on any atom is 0.337 e. The van der Waals surface area contributed by atoms with Gasteiger partial charge in [0.25, 0.3) is 0 Å². The van der Waals surface area contributed by atoms with Crippen LogP contribution in [0.15, 0.2) is 24.3 Å². The van der Waals surface area contributed by atoms with Crippen LogP contribution in [0.2, 0.25) is 0 Å². The molecule has 0 saturated carbocycles. The summed E-state index contributed by atoms with van der Waals surface area (Å²) >= 11 is 0. The molecule has 0 aliphatic carbocycles. The van der Waals surface area contributed by atoms with Gasteiger partial charge in [0.15, 0.2) is 6.10 Å². The van der Waals surface area contributed by atoms with E-state index in [-0.39, 0.29) is 19.6 Å². The molecule has 1 heterocycles. The summed E-state index contributed by atoms with van der Waals surface area (Å²) in [5, 5.41) is 19.7. The van der Waals surface area contributed by atoms with Crippen molar-refractivity contribution in [3.8, 4) is 11.8 Å². The number of fused-ring (bicyclic) bond motifs is 1. The summed E-state index contributed by atoms with van der Waals surface area (Å²) in [4.78, 5) is 11.8. The summed E-state index contributed by atoms with van der Waals surface area (Å²) in [6.07, 6.45) is -1.26. The molecule has 0 radical (unpaired) electrons. The monoisotopic (exact) mass is 261 g/mol. The third-order valence-electron chi connectivity index (χ3n) is 3.30. The standard InChI is InChI=1S/C14H15NO4/c1-2-18-13(17)12(16)14(9-15)7-8-19-11-6-4-3-5-10(11)14/h3-6,12,16H,2,7-8H2,1H3. The molecule has 1 N–H and O–H groups in total. The Balaban J connectivity index is 2.45. The first-order valence-corrected chi connectivity index (χ1v) is 6.14. The number of aliphatic hydroxyl groups is 1. The van der Waals surface area contributed by atoms with Crippen molar-refractivity contribution in [1.29, 1.82) is 5.26 Å². The number of nitriles is 1. The number of benzene rings is 1. The second-order valence-corrected chi connectivity index (χ2v) is 4.33. The zero-order chi connectivity index (χ0) is 13.9. The van der Waals surface area contributed by atoms with Gasteiger partial charge in [-0.2, -0.15) is 5.26 Å². The molecule has 1 aliphatic heterocycles. The lowest BCUT2D eigenvalue weighted by molar-refractivity contribution is -0.156. The van der Waals surface area contributed by atoms with Crippen LogP contribution in [0.25, 0.3) is 0 Å². The second kappa shape index (κ2) is 5.29. The summed E-state index contributed by atoms with van der Waals surface area (Å²) in [6.45, 7) is 2.10. The Morgan fingerprint density at radius 1 is 1.63 bits per heavy atom. The van der Waals surface area contributed by atoms with Crippen LogP contribution in [-0.4, -0.2) is 30.4 Å². The molecule has 5 nitrogen and oxygen atoms in total. The molecule has 2 atom stereocenters. The first-order chi connectivity index (χ1) is 9.15. The minimum Gasteiger partial charge on any atom is -0.493 e. The number of ether oxygens (including phenoxy) is 2. The fourth-order valence-corrected chi connectivity index (χ4v) is 2.30. The third kappa shape index (κ3) is 2.15. The van der Waals surface area contributed by atoms with Gasteiger partial charge in [-0.05, 0) is 13.0 Å². The molecule has 19 heavy (non-hydrogen) atoms. The maximum absolute atomic E-state index is 11.8. The predicted octanol–water partition coefficient (Wildman–Crippen LogP) is 1.15. The van der Waals surface area contributed by atoms with Gasteiger partial charge in [-0.1, -0.05) is 18.2 Å². The number of hydrogen-bond donors (Lipinski definition) is 1. The van der Waals surface area contributed by atoms with E-state index in [0.717, 1.165) is 0 Å².